The van der Waals surface area contributed by atoms with E-state index in [2.05, 4.69) is 0 Å². The Morgan fingerprint density at radius 3 is 1.44 bits per heavy atom. The Balaban J connectivity index is 0. The molecule has 2 N–H and O–H groups in total. The van der Waals surface area contributed by atoms with Crippen LogP contribution in [0.3, 0.4) is 0 Å². The van der Waals surface area contributed by atoms with Gasteiger partial charge in [0.1, 0.15) is 0 Å². The molecule has 0 fully saturated rings. The molecule has 0 radical (unpaired) electrons. The highest BCUT2D eigenvalue weighted by atomic mass is 16.3. The maximum absolute atomic E-state index is 10.3. The maximum atomic E-state index is 10.3. The number of phenolic OH excluding ortho intramolecular Hbond substituents is 2. The van der Waals surface area contributed by atoms with Crippen LogP contribution in [0.5, 0.6) is 11.5 Å². The van der Waals surface area contributed by atoms with Crippen LogP contribution in [0, 0.1) is 0 Å². The molecule has 1 aromatic rings. The molecule has 1 aliphatic rings. The summed E-state index contributed by atoms with van der Waals surface area (Å²) >= 11 is 0. The van der Waals surface area contributed by atoms with Gasteiger partial charge in [-0.2, -0.15) is 0 Å². The van der Waals surface area contributed by atoms with E-state index in [4.69, 9.17) is 10.2 Å². The number of allylic oxidation sites excluding steroid dienone is 4. The molecule has 0 heterocycles. The summed E-state index contributed by atoms with van der Waals surface area (Å²) in [6.07, 6.45) is 5.60. The molecule has 0 aliphatic heterocycles. The molecule has 0 spiro atoms. The van der Waals surface area contributed by atoms with Gasteiger partial charge >= 0.3 is 2.85 Å². The number of carbonyl (C=O) groups excluding carboxylic acids is 2. The van der Waals surface area contributed by atoms with Crippen molar-refractivity contribution in [2.45, 2.75) is 0 Å². The number of ketones is 2. The van der Waals surface area contributed by atoms with Crippen molar-refractivity contribution in [1.29, 1.82) is 0 Å². The Hall–Kier alpha value is -2.36. The topological polar surface area (TPSA) is 74.6 Å². The molecule has 82 valence electrons. The minimum atomic E-state index is -0.437. The van der Waals surface area contributed by atoms with Crippen molar-refractivity contribution in [2.24, 2.45) is 0 Å². The van der Waals surface area contributed by atoms with Crippen molar-refractivity contribution in [3.05, 3.63) is 48.6 Å². The predicted molar refractivity (Wildman–Crippen MR) is 60.3 cm³/mol. The predicted octanol–water partition coefficient (Wildman–Crippen LogP) is 1.57. The number of para-hydroxylation sites is 2. The molecule has 1 aliphatic carbocycles. The van der Waals surface area contributed by atoms with Crippen molar-refractivity contribution >= 4 is 11.6 Å². The Bertz CT molecular complexity index is 424. The maximum Gasteiger partial charge on any atom is 1.00 e. The lowest BCUT2D eigenvalue weighted by Gasteiger charge is -1.91. The van der Waals surface area contributed by atoms with Crippen molar-refractivity contribution in [2.75, 3.05) is 0 Å². The van der Waals surface area contributed by atoms with E-state index in [0.717, 1.165) is 0 Å². The van der Waals surface area contributed by atoms with Gasteiger partial charge in [0.05, 0.1) is 0 Å². The van der Waals surface area contributed by atoms with Crippen molar-refractivity contribution in [3.8, 4) is 11.5 Å². The average Bonchev–Trinajstić information content (AvgIpc) is 2.28. The zero-order valence-corrected chi connectivity index (χ0v) is 8.33. The zero-order valence-electron chi connectivity index (χ0n) is 10.3. The number of hydrogen-bond acceptors (Lipinski definition) is 4. The Morgan fingerprint density at radius 1 is 0.812 bits per heavy atom. The number of hydrogen-bond donors (Lipinski definition) is 2. The highest BCUT2D eigenvalue weighted by molar-refractivity contribution is 6.46. The minimum absolute atomic E-state index is 0. The third-order valence-electron chi connectivity index (χ3n) is 1.73. The highest BCUT2D eigenvalue weighted by Gasteiger charge is 2.06. The van der Waals surface area contributed by atoms with Gasteiger partial charge < -0.3 is 10.2 Å². The Labute approximate surface area is 95.1 Å². The molecule has 2 rings (SSSR count). The highest BCUT2D eigenvalue weighted by Crippen LogP contribution is 2.21. The second kappa shape index (κ2) is 5.50. The van der Waals surface area contributed by atoms with Crippen LogP contribution in [0.1, 0.15) is 2.85 Å². The fourth-order valence-corrected chi connectivity index (χ4v) is 0.914. The van der Waals surface area contributed by atoms with Gasteiger partial charge in [-0.15, -0.1) is 0 Å². The monoisotopic (exact) mass is 220 g/mol. The van der Waals surface area contributed by atoms with E-state index >= 15 is 0 Å². The molecule has 16 heavy (non-hydrogen) atoms. The van der Waals surface area contributed by atoms with E-state index in [9.17, 15) is 9.59 Å². The van der Waals surface area contributed by atoms with Crippen molar-refractivity contribution < 1.29 is 22.7 Å². The third kappa shape index (κ3) is 3.42. The largest absolute Gasteiger partial charge is 1.00 e. The van der Waals surface area contributed by atoms with Gasteiger partial charge in [0.25, 0.3) is 0 Å². The van der Waals surface area contributed by atoms with E-state index in [-0.39, 0.29) is 14.4 Å². The van der Waals surface area contributed by atoms with Gasteiger partial charge in [-0.1, -0.05) is 24.3 Å². The summed E-state index contributed by atoms with van der Waals surface area (Å²) in [7, 11) is 0. The Morgan fingerprint density at radius 2 is 1.19 bits per heavy atom. The number of rotatable bonds is 0. The van der Waals surface area contributed by atoms with Gasteiger partial charge in [0, 0.05) is 0 Å². The fraction of sp³-hybridized carbons (Fsp3) is 0. The number of aromatic hydroxyl groups is 2. The smallest absolute Gasteiger partial charge is 0.504 e. The first kappa shape index (κ1) is 11.7. The number of benzene rings is 1. The van der Waals surface area contributed by atoms with Gasteiger partial charge in [0.15, 0.2) is 11.5 Å². The first-order valence-corrected chi connectivity index (χ1v) is 4.51. The molecule has 0 saturated carbocycles. The van der Waals surface area contributed by atoms with Crippen LogP contribution in [0.4, 0.5) is 0 Å². The van der Waals surface area contributed by atoms with Gasteiger partial charge in [0.2, 0.25) is 11.6 Å². The minimum Gasteiger partial charge on any atom is -0.504 e. The summed E-state index contributed by atoms with van der Waals surface area (Å²) in [5, 5.41) is 17.3. The van der Waals surface area contributed by atoms with Gasteiger partial charge in [-0.25, -0.2) is 0 Å². The second-order valence-corrected chi connectivity index (χ2v) is 2.94. The van der Waals surface area contributed by atoms with E-state index in [1.165, 1.54) is 24.3 Å². The molecule has 0 unspecified atom stereocenters. The lowest BCUT2D eigenvalue weighted by atomic mass is 10.1. The quantitative estimate of drug-likeness (QED) is 0.395. The normalized spacial score (nSPS) is 13.2. The van der Waals surface area contributed by atoms with E-state index in [1.54, 1.807) is 24.3 Å². The summed E-state index contributed by atoms with van der Waals surface area (Å²) in [5.41, 5.74) is 0. The zero-order chi connectivity index (χ0) is 12.0. The number of carbonyl (C=O) groups is 2. The van der Waals surface area contributed by atoms with Crippen LogP contribution >= 0.6 is 0 Å². The molecule has 0 bridgehead atoms. The molecule has 0 atom stereocenters. The van der Waals surface area contributed by atoms with Crippen LogP contribution in [-0.4, -0.2) is 21.8 Å². The van der Waals surface area contributed by atoms with Crippen LogP contribution in [0.25, 0.3) is 0 Å². The lowest BCUT2D eigenvalue weighted by Crippen LogP contribution is -2.08. The molecule has 0 amide bonds. The standard InChI is InChI=1S/C6H6O2.C6H4O2/c2*7-5-3-1-2-4-6(5)8/h1-4,7-8H;1-4H/p+2. The first-order chi connectivity index (χ1) is 7.61. The van der Waals surface area contributed by atoms with E-state index in [0.29, 0.717) is 0 Å². The van der Waals surface area contributed by atoms with E-state index < -0.39 is 11.6 Å². The molecule has 1 aromatic carbocycles. The molecule has 0 aromatic heterocycles. The Kier molecular flexibility index (Phi) is 4.03. The molecular weight excluding hydrogens is 208 g/mol. The summed E-state index contributed by atoms with van der Waals surface area (Å²) in [5.74, 6) is -1.03. The molecule has 4 nitrogen and oxygen atoms in total. The van der Waals surface area contributed by atoms with E-state index in [1.807, 2.05) is 0 Å². The fourth-order valence-electron chi connectivity index (χ4n) is 0.914. The summed E-state index contributed by atoms with van der Waals surface area (Å²) < 4.78 is 0. The van der Waals surface area contributed by atoms with Crippen LogP contribution in [0.15, 0.2) is 48.6 Å². The molecule has 0 saturated heterocycles. The summed E-state index contributed by atoms with van der Waals surface area (Å²) in [6, 6.07) is 6.15. The third-order valence-corrected chi connectivity index (χ3v) is 1.73. The summed E-state index contributed by atoms with van der Waals surface area (Å²) in [6.45, 7) is 0. The van der Waals surface area contributed by atoms with Gasteiger partial charge in [-0.3, -0.25) is 9.59 Å². The second-order valence-electron chi connectivity index (χ2n) is 2.94. The lowest BCUT2D eigenvalue weighted by molar-refractivity contribution is -0.131. The molecule has 4 heteroatoms. The van der Waals surface area contributed by atoms with Crippen molar-refractivity contribution in [3.63, 3.8) is 0 Å². The van der Waals surface area contributed by atoms with Crippen LogP contribution < -0.4 is 0 Å². The van der Waals surface area contributed by atoms with Gasteiger partial charge in [-0.05, 0) is 24.3 Å². The van der Waals surface area contributed by atoms with Crippen LogP contribution in [-0.2, 0) is 9.59 Å². The SMILES string of the molecule is O=C1C=CC=CC1=O.Oc1ccccc1O.[H+].[H+]. The van der Waals surface area contributed by atoms with Crippen LogP contribution in [0.2, 0.25) is 0 Å². The first-order valence-electron chi connectivity index (χ1n) is 4.51. The van der Waals surface area contributed by atoms with Crippen molar-refractivity contribution in [1.82, 2.24) is 0 Å². The summed E-state index contributed by atoms with van der Waals surface area (Å²) in [4.78, 5) is 20.6. The number of phenols is 2. The average molecular weight is 220 g/mol. The molecular formula is C12H12O4+2.